The van der Waals surface area contributed by atoms with Gasteiger partial charge in [-0.25, -0.2) is 0 Å². The minimum Gasteiger partial charge on any atom is -0.281 e. The quantitative estimate of drug-likeness (QED) is 0.307. The van der Waals surface area contributed by atoms with Crippen LogP contribution in [0.5, 0.6) is 0 Å². The predicted molar refractivity (Wildman–Crippen MR) is 139 cm³/mol. The van der Waals surface area contributed by atoms with E-state index in [0.29, 0.717) is 0 Å². The fourth-order valence-electron chi connectivity index (χ4n) is 4.69. The van der Waals surface area contributed by atoms with Crippen molar-refractivity contribution in [2.75, 3.05) is 0 Å². The Labute approximate surface area is 214 Å². The maximum atomic E-state index is 7.50. The van der Waals surface area contributed by atoms with Crippen LogP contribution in [-0.4, -0.2) is 28.1 Å². The molecule has 0 unspecified atom stereocenters. The summed E-state index contributed by atoms with van der Waals surface area (Å²) in [6.45, 7) is 19.2. The summed E-state index contributed by atoms with van der Waals surface area (Å²) in [6, 6.07) is 38.2. The van der Waals surface area contributed by atoms with Crippen molar-refractivity contribution in [3.05, 3.63) is 91.0 Å². The van der Waals surface area contributed by atoms with Crippen molar-refractivity contribution < 1.29 is 33.9 Å². The SMILES string of the molecule is CC[Si](CC)(CC)[P+](c1ccccc1)(c1ccccc1)c1ccccc1.[C]=O.[C]=O.[C]=O.[Ru]. The van der Waals surface area contributed by atoms with Crippen molar-refractivity contribution in [3.63, 3.8) is 0 Å². The van der Waals surface area contributed by atoms with Gasteiger partial charge in [0, 0.05) is 19.5 Å². The van der Waals surface area contributed by atoms with Gasteiger partial charge in [-0.05, 0) is 54.5 Å². The minimum atomic E-state index is -1.66. The molecule has 0 aliphatic heterocycles. The Morgan fingerprint density at radius 2 is 0.727 bits per heavy atom. The molecule has 0 N–H and O–H groups in total. The van der Waals surface area contributed by atoms with Crippen LogP contribution < -0.4 is 15.9 Å². The first-order valence-corrected chi connectivity index (χ1v) is 15.7. The molecule has 0 atom stereocenters. The van der Waals surface area contributed by atoms with Gasteiger partial charge in [-0.3, -0.25) is 14.4 Å². The van der Waals surface area contributed by atoms with E-state index in [1.165, 1.54) is 18.1 Å². The molecule has 33 heavy (non-hydrogen) atoms. The van der Waals surface area contributed by atoms with Gasteiger partial charge >= 0.3 is 0 Å². The average Bonchev–Trinajstić information content (AvgIpc) is 2.92. The molecule has 0 spiro atoms. The van der Waals surface area contributed by atoms with E-state index >= 15 is 0 Å². The first kappa shape index (κ1) is 33.1. The normalized spacial score (nSPS) is 9.91. The fraction of sp³-hybridized carbons (Fsp3) is 0.222. The second kappa shape index (κ2) is 18.4. The fourth-order valence-corrected chi connectivity index (χ4v) is 22.5. The van der Waals surface area contributed by atoms with Crippen LogP contribution in [0.1, 0.15) is 20.8 Å². The molecule has 172 valence electrons. The molecule has 6 heteroatoms. The van der Waals surface area contributed by atoms with Gasteiger partial charge < -0.3 is 0 Å². The number of carbonyl (C=O) groups excluding carboxylic acids is 3. The third-order valence-corrected chi connectivity index (χ3v) is 24.1. The van der Waals surface area contributed by atoms with E-state index in [0.717, 1.165) is 0 Å². The molecule has 0 saturated heterocycles. The topological polar surface area (TPSA) is 51.2 Å². The Balaban J connectivity index is 0. The molecule has 0 fully saturated rings. The van der Waals surface area contributed by atoms with Gasteiger partial charge in [0.25, 0.3) is 20.4 Å². The third kappa shape index (κ3) is 6.96. The molecule has 0 aliphatic carbocycles. The standard InChI is InChI=1S/C24H30PSi.3CO.Ru/c1-4-26(5-2,6-3)25(22-16-10-7-11-17-22,23-18-12-8-13-19-23)24-20-14-9-15-21-24;3*1-2;/h7-21H,4-6H2,1-3H3;;;;/q+1;;;;. The Bertz CT molecular complexity index is 753. The number of hydrogen-bond acceptors (Lipinski definition) is 3. The molecular weight excluding hydrogens is 532 g/mol. The predicted octanol–water partition coefficient (Wildman–Crippen LogP) is 4.79. The molecule has 6 radical (unpaired) electrons. The van der Waals surface area contributed by atoms with Crippen LogP contribution in [0.3, 0.4) is 0 Å². The van der Waals surface area contributed by atoms with E-state index in [1.54, 1.807) is 15.9 Å². The second-order valence-electron chi connectivity index (χ2n) is 6.96. The van der Waals surface area contributed by atoms with Gasteiger partial charge in [0.1, 0.15) is 0 Å². The number of benzene rings is 3. The zero-order valence-corrected chi connectivity index (χ0v) is 22.9. The monoisotopic (exact) mass is 563 g/mol. The van der Waals surface area contributed by atoms with E-state index in [-0.39, 0.29) is 19.5 Å². The molecule has 0 saturated carbocycles. The van der Waals surface area contributed by atoms with E-state index in [1.807, 2.05) is 0 Å². The molecule has 0 amide bonds. The van der Waals surface area contributed by atoms with Gasteiger partial charge in [-0.2, -0.15) is 0 Å². The molecule has 0 aliphatic rings. The summed E-state index contributed by atoms with van der Waals surface area (Å²) in [6.07, 6.45) is 0. The van der Waals surface area contributed by atoms with Gasteiger partial charge in [0.05, 0.1) is 22.7 Å². The summed E-state index contributed by atoms with van der Waals surface area (Å²) in [4.78, 5) is 22.5. The Morgan fingerprint density at radius 3 is 0.909 bits per heavy atom. The van der Waals surface area contributed by atoms with E-state index in [2.05, 4.69) is 132 Å². The summed E-state index contributed by atoms with van der Waals surface area (Å²) in [5, 5.41) is 4.69. The molecule has 0 heterocycles. The Kier molecular flexibility index (Phi) is 18.4. The molecular formula is C27H30O3PRuSi+. The van der Waals surface area contributed by atoms with Gasteiger partial charge in [0.2, 0.25) is 7.74 Å². The largest absolute Gasteiger partial charge is 0.281 e. The Morgan fingerprint density at radius 1 is 0.515 bits per heavy atom. The summed E-state index contributed by atoms with van der Waals surface area (Å²) in [5.41, 5.74) is 0. The van der Waals surface area contributed by atoms with Gasteiger partial charge in [0.15, 0.2) is 0 Å². The first-order valence-electron chi connectivity index (χ1n) is 10.4. The Hall–Kier alpha value is -2.06. The third-order valence-electron chi connectivity index (χ3n) is 6.12. The summed E-state index contributed by atoms with van der Waals surface area (Å²) in [5.74, 6) is 0. The van der Waals surface area contributed by atoms with E-state index in [9.17, 15) is 0 Å². The molecule has 0 bridgehead atoms. The van der Waals surface area contributed by atoms with Crippen LogP contribution >= 0.6 is 6.81 Å². The van der Waals surface area contributed by atoms with Crippen molar-refractivity contribution >= 4 is 50.8 Å². The summed E-state index contributed by atoms with van der Waals surface area (Å²) in [7, 11) is -1.61. The summed E-state index contributed by atoms with van der Waals surface area (Å²) >= 11 is 0. The maximum Gasteiger partial charge on any atom is 0.281 e. The molecule has 0 aromatic heterocycles. The van der Waals surface area contributed by atoms with Crippen LogP contribution in [0.25, 0.3) is 0 Å². The summed E-state index contributed by atoms with van der Waals surface area (Å²) < 4.78 is 0. The van der Waals surface area contributed by atoms with Crippen molar-refractivity contribution in [1.82, 2.24) is 0 Å². The average molecular weight is 563 g/mol. The number of hydrogen-bond donors (Lipinski definition) is 0. The molecule has 3 rings (SSSR count). The minimum absolute atomic E-state index is 0. The molecule has 3 nitrogen and oxygen atoms in total. The van der Waals surface area contributed by atoms with Crippen molar-refractivity contribution in [1.29, 1.82) is 0 Å². The molecule has 3 aromatic rings. The van der Waals surface area contributed by atoms with Crippen LogP contribution in [0.2, 0.25) is 18.1 Å². The van der Waals surface area contributed by atoms with E-state index in [4.69, 9.17) is 14.4 Å². The van der Waals surface area contributed by atoms with Crippen molar-refractivity contribution in [3.8, 4) is 0 Å². The maximum absolute atomic E-state index is 7.50. The second-order valence-corrected chi connectivity index (χ2v) is 19.3. The molecule has 3 aromatic carbocycles. The van der Waals surface area contributed by atoms with Crippen molar-refractivity contribution in [2.24, 2.45) is 0 Å². The van der Waals surface area contributed by atoms with Gasteiger partial charge in [-0.1, -0.05) is 75.4 Å². The van der Waals surface area contributed by atoms with Crippen LogP contribution in [-0.2, 0) is 33.9 Å². The van der Waals surface area contributed by atoms with Crippen LogP contribution in [0.4, 0.5) is 0 Å². The zero-order chi connectivity index (χ0) is 24.5. The van der Waals surface area contributed by atoms with Crippen LogP contribution in [0.15, 0.2) is 91.0 Å². The zero-order valence-electron chi connectivity index (χ0n) is 19.3. The van der Waals surface area contributed by atoms with Gasteiger partial charge in [-0.15, -0.1) is 0 Å². The van der Waals surface area contributed by atoms with Crippen molar-refractivity contribution in [2.45, 2.75) is 38.9 Å². The number of rotatable bonds is 7. The van der Waals surface area contributed by atoms with E-state index < -0.39 is 14.6 Å². The first-order chi connectivity index (χ1) is 15.7. The van der Waals surface area contributed by atoms with Crippen LogP contribution in [0, 0.1) is 0 Å². The smallest absolute Gasteiger partial charge is 0.281 e.